The van der Waals surface area contributed by atoms with Crippen LogP contribution < -0.4 is 5.32 Å². The Hall–Kier alpha value is -1.82. The number of nitrogens with one attached hydrogen (secondary N) is 1. The van der Waals surface area contributed by atoms with Crippen LogP contribution in [0.25, 0.3) is 10.8 Å². The zero-order valence-electron chi connectivity index (χ0n) is 10.9. The lowest BCUT2D eigenvalue weighted by Gasteiger charge is -2.13. The number of hydrogen-bond acceptors (Lipinski definition) is 5. The molecule has 2 aromatic rings. The monoisotopic (exact) mass is 289 g/mol. The predicted octanol–water partition coefficient (Wildman–Crippen LogP) is 3.45. The molecule has 0 spiro atoms. The Morgan fingerprint density at radius 2 is 2.30 bits per heavy atom. The average molecular weight is 289 g/mol. The van der Waals surface area contributed by atoms with Crippen LogP contribution in [0, 0.1) is 10.1 Å². The molecule has 1 aromatic heterocycles. The van der Waals surface area contributed by atoms with Crippen molar-refractivity contribution in [2.24, 2.45) is 0 Å². The molecule has 6 heteroatoms. The Balaban J connectivity index is 1.91. The van der Waals surface area contributed by atoms with E-state index in [0.29, 0.717) is 10.6 Å². The second-order valence-electron chi connectivity index (χ2n) is 4.83. The molecule has 104 valence electrons. The van der Waals surface area contributed by atoms with Crippen LogP contribution >= 0.6 is 11.8 Å². The topological polar surface area (TPSA) is 68.1 Å². The van der Waals surface area contributed by atoms with E-state index < -0.39 is 0 Å². The van der Waals surface area contributed by atoms with Gasteiger partial charge in [-0.3, -0.25) is 15.1 Å². The molecule has 20 heavy (non-hydrogen) atoms. The molecule has 1 aliphatic heterocycles. The molecular formula is C14H15N3O2S. The summed E-state index contributed by atoms with van der Waals surface area (Å²) >= 11 is 1.99. The zero-order chi connectivity index (χ0) is 13.9. The smallest absolute Gasteiger partial charge is 0.277 e. The van der Waals surface area contributed by atoms with Crippen molar-refractivity contribution < 1.29 is 4.92 Å². The third-order valence-corrected chi connectivity index (χ3v) is 4.93. The number of thioether (sulfide) groups is 1. The van der Waals surface area contributed by atoms with Gasteiger partial charge in [-0.25, -0.2) is 0 Å². The molecule has 1 fully saturated rings. The number of non-ortho nitro benzene ring substituents is 1. The minimum atomic E-state index is -0.348. The maximum atomic E-state index is 11.1. The molecule has 1 aromatic carbocycles. The quantitative estimate of drug-likeness (QED) is 0.689. The van der Waals surface area contributed by atoms with E-state index in [0.717, 1.165) is 17.6 Å². The Morgan fingerprint density at radius 3 is 3.05 bits per heavy atom. The molecule has 2 heterocycles. The Bertz CT molecular complexity index is 641. The molecule has 1 N–H and O–H groups in total. The Kier molecular flexibility index (Phi) is 3.73. The third-order valence-electron chi connectivity index (χ3n) is 3.54. The number of rotatable bonds is 4. The van der Waals surface area contributed by atoms with Crippen molar-refractivity contribution in [2.75, 3.05) is 17.6 Å². The molecule has 0 bridgehead atoms. The number of hydrogen-bond donors (Lipinski definition) is 1. The van der Waals surface area contributed by atoms with Gasteiger partial charge < -0.3 is 5.32 Å². The van der Waals surface area contributed by atoms with E-state index >= 15 is 0 Å². The first kappa shape index (κ1) is 13.2. The highest BCUT2D eigenvalue weighted by Gasteiger charge is 2.17. The van der Waals surface area contributed by atoms with E-state index in [-0.39, 0.29) is 10.6 Å². The molecular weight excluding hydrogens is 274 g/mol. The standard InChI is InChI=1S/C14H15N3O2S/c18-17(19)14-4-3-13(12-9-15-6-5-11(12)14)16-8-10-2-1-7-20-10/h3-6,9-10,16H,1-2,7-8H2. The molecule has 0 amide bonds. The van der Waals surface area contributed by atoms with Crippen molar-refractivity contribution in [1.29, 1.82) is 0 Å². The number of anilines is 1. The second-order valence-corrected chi connectivity index (χ2v) is 6.23. The van der Waals surface area contributed by atoms with Crippen LogP contribution in [0.15, 0.2) is 30.6 Å². The summed E-state index contributed by atoms with van der Waals surface area (Å²) in [4.78, 5) is 14.8. The summed E-state index contributed by atoms with van der Waals surface area (Å²) in [5.74, 6) is 1.23. The highest BCUT2D eigenvalue weighted by molar-refractivity contribution is 8.00. The first-order valence-electron chi connectivity index (χ1n) is 6.62. The molecule has 3 rings (SSSR count). The number of nitro groups is 1. The highest BCUT2D eigenvalue weighted by atomic mass is 32.2. The SMILES string of the molecule is O=[N+]([O-])c1ccc(NCC2CCCS2)c2cnccc12. The van der Waals surface area contributed by atoms with Crippen LogP contribution in [0.5, 0.6) is 0 Å². The number of nitro benzene ring substituents is 1. The van der Waals surface area contributed by atoms with Crippen molar-refractivity contribution in [2.45, 2.75) is 18.1 Å². The van der Waals surface area contributed by atoms with Crippen LogP contribution in [0.4, 0.5) is 11.4 Å². The van der Waals surface area contributed by atoms with Crippen molar-refractivity contribution >= 4 is 33.9 Å². The van der Waals surface area contributed by atoms with Gasteiger partial charge >= 0.3 is 0 Å². The summed E-state index contributed by atoms with van der Waals surface area (Å²) in [5.41, 5.74) is 1.05. The second kappa shape index (κ2) is 5.66. The number of fused-ring (bicyclic) bond motifs is 1. The summed E-state index contributed by atoms with van der Waals surface area (Å²) < 4.78 is 0. The Labute approximate surface area is 120 Å². The van der Waals surface area contributed by atoms with Gasteiger partial charge in [0.1, 0.15) is 0 Å². The summed E-state index contributed by atoms with van der Waals surface area (Å²) in [6.45, 7) is 0.895. The first-order chi connectivity index (χ1) is 9.75. The van der Waals surface area contributed by atoms with Gasteiger partial charge in [0.2, 0.25) is 0 Å². The normalized spacial score (nSPS) is 18.3. The molecule has 5 nitrogen and oxygen atoms in total. The maximum absolute atomic E-state index is 11.1. The highest BCUT2D eigenvalue weighted by Crippen LogP contribution is 2.32. The van der Waals surface area contributed by atoms with Gasteiger partial charge in [0.15, 0.2) is 0 Å². The van der Waals surface area contributed by atoms with E-state index in [1.54, 1.807) is 30.6 Å². The van der Waals surface area contributed by atoms with Crippen LogP contribution in [0.3, 0.4) is 0 Å². The van der Waals surface area contributed by atoms with Gasteiger partial charge in [-0.15, -0.1) is 0 Å². The van der Waals surface area contributed by atoms with Crippen molar-refractivity contribution in [3.8, 4) is 0 Å². The van der Waals surface area contributed by atoms with Crippen LogP contribution in [0.1, 0.15) is 12.8 Å². The van der Waals surface area contributed by atoms with E-state index in [1.165, 1.54) is 18.6 Å². The third kappa shape index (κ3) is 2.56. The summed E-state index contributed by atoms with van der Waals surface area (Å²) in [7, 11) is 0. The van der Waals surface area contributed by atoms with Crippen molar-refractivity contribution in [3.05, 3.63) is 40.7 Å². The minimum Gasteiger partial charge on any atom is -0.383 e. The number of nitrogens with zero attached hydrogens (tertiary/aromatic N) is 2. The largest absolute Gasteiger partial charge is 0.383 e. The fourth-order valence-corrected chi connectivity index (χ4v) is 3.72. The van der Waals surface area contributed by atoms with Gasteiger partial charge in [0.25, 0.3) is 5.69 Å². The van der Waals surface area contributed by atoms with Crippen LogP contribution in [-0.2, 0) is 0 Å². The minimum absolute atomic E-state index is 0.128. The van der Waals surface area contributed by atoms with Gasteiger partial charge in [-0.05, 0) is 30.7 Å². The van der Waals surface area contributed by atoms with E-state index in [9.17, 15) is 10.1 Å². The fraction of sp³-hybridized carbons (Fsp3) is 0.357. The predicted molar refractivity (Wildman–Crippen MR) is 82.4 cm³/mol. The number of pyridine rings is 1. The van der Waals surface area contributed by atoms with Gasteiger partial charge in [0.05, 0.1) is 10.3 Å². The van der Waals surface area contributed by atoms with Crippen molar-refractivity contribution in [3.63, 3.8) is 0 Å². The summed E-state index contributed by atoms with van der Waals surface area (Å²) in [6.07, 6.45) is 5.79. The maximum Gasteiger partial charge on any atom is 0.277 e. The Morgan fingerprint density at radius 1 is 1.40 bits per heavy atom. The number of benzene rings is 1. The summed E-state index contributed by atoms with van der Waals surface area (Å²) in [6, 6.07) is 5.04. The van der Waals surface area contributed by atoms with Crippen LogP contribution in [-0.4, -0.2) is 27.5 Å². The van der Waals surface area contributed by atoms with Gasteiger partial charge in [-0.2, -0.15) is 11.8 Å². The molecule has 0 aliphatic carbocycles. The van der Waals surface area contributed by atoms with Gasteiger partial charge in [0, 0.05) is 41.3 Å². The average Bonchev–Trinajstić information content (AvgIpc) is 2.97. The molecule has 0 radical (unpaired) electrons. The molecule has 1 saturated heterocycles. The zero-order valence-corrected chi connectivity index (χ0v) is 11.7. The molecule has 1 atom stereocenters. The molecule has 1 unspecified atom stereocenters. The van der Waals surface area contributed by atoms with E-state index in [4.69, 9.17) is 0 Å². The van der Waals surface area contributed by atoms with Gasteiger partial charge in [-0.1, -0.05) is 0 Å². The summed E-state index contributed by atoms with van der Waals surface area (Å²) in [5, 5.41) is 16.5. The number of aromatic nitrogens is 1. The van der Waals surface area contributed by atoms with Crippen LogP contribution in [0.2, 0.25) is 0 Å². The van der Waals surface area contributed by atoms with E-state index in [1.807, 2.05) is 11.8 Å². The molecule has 1 aliphatic rings. The van der Waals surface area contributed by atoms with E-state index in [2.05, 4.69) is 10.3 Å². The van der Waals surface area contributed by atoms with Crippen molar-refractivity contribution in [1.82, 2.24) is 4.98 Å². The lowest BCUT2D eigenvalue weighted by Crippen LogP contribution is -2.13. The lowest BCUT2D eigenvalue weighted by molar-refractivity contribution is -0.383. The first-order valence-corrected chi connectivity index (χ1v) is 7.67. The lowest BCUT2D eigenvalue weighted by atomic mass is 10.1. The fourth-order valence-electron chi connectivity index (χ4n) is 2.52. The molecule has 0 saturated carbocycles.